The number of nitrogens with zero attached hydrogens (tertiary/aromatic N) is 1. The highest BCUT2D eigenvalue weighted by Crippen LogP contribution is 2.22. The van der Waals surface area contributed by atoms with Gasteiger partial charge in [-0.1, -0.05) is 51.8 Å². The van der Waals surface area contributed by atoms with Gasteiger partial charge in [-0.3, -0.25) is 9.52 Å². The number of halogens is 1. The third-order valence-corrected chi connectivity index (χ3v) is 5.98. The molecule has 0 unspecified atom stereocenters. The molecule has 9 heteroatoms. The van der Waals surface area contributed by atoms with Crippen LogP contribution in [0.3, 0.4) is 0 Å². The van der Waals surface area contributed by atoms with E-state index in [2.05, 4.69) is 31.2 Å². The van der Waals surface area contributed by atoms with E-state index in [1.54, 1.807) is 42.5 Å². The average molecular weight is 488 g/mol. The predicted octanol–water partition coefficient (Wildman–Crippen LogP) is 4.03. The van der Waals surface area contributed by atoms with Crippen molar-refractivity contribution in [3.8, 4) is 5.75 Å². The zero-order valence-corrected chi connectivity index (χ0v) is 18.2. The number of hydrogen-bond donors (Lipinski definition) is 3. The molecule has 0 aliphatic heterocycles. The fourth-order valence-corrected chi connectivity index (χ4v) is 3.98. The van der Waals surface area contributed by atoms with Crippen LogP contribution in [0.4, 0.5) is 5.69 Å². The van der Waals surface area contributed by atoms with Gasteiger partial charge < -0.3 is 5.11 Å². The molecule has 0 atom stereocenters. The molecule has 0 heterocycles. The molecule has 3 aromatic carbocycles. The lowest BCUT2D eigenvalue weighted by atomic mass is 10.2. The first-order valence-corrected chi connectivity index (χ1v) is 11.0. The van der Waals surface area contributed by atoms with E-state index in [1.807, 2.05) is 6.92 Å². The third kappa shape index (κ3) is 5.25. The first-order chi connectivity index (χ1) is 14.3. The number of aryl methyl sites for hydroxylation is 1. The number of rotatable bonds is 6. The molecular weight excluding hydrogens is 470 g/mol. The summed E-state index contributed by atoms with van der Waals surface area (Å²) < 4.78 is 28.4. The Hall–Kier alpha value is -3.17. The Morgan fingerprint density at radius 3 is 2.50 bits per heavy atom. The van der Waals surface area contributed by atoms with Crippen LogP contribution in [0, 0.1) is 6.92 Å². The molecule has 7 nitrogen and oxygen atoms in total. The van der Waals surface area contributed by atoms with Crippen LogP contribution in [-0.2, 0) is 10.0 Å². The molecule has 0 saturated carbocycles. The number of phenolic OH excluding ortho intramolecular Hbond substituents is 1. The Bertz CT molecular complexity index is 1210. The van der Waals surface area contributed by atoms with Gasteiger partial charge in [0.1, 0.15) is 5.75 Å². The summed E-state index contributed by atoms with van der Waals surface area (Å²) >= 11 is 3.24. The SMILES string of the molecule is Cc1ccc(S(=O)(=O)Nc2ccccc2/C=N/NC(=O)c2cc(Br)ccc2O)cc1. The molecule has 3 rings (SSSR count). The van der Waals surface area contributed by atoms with Crippen LogP contribution in [0.5, 0.6) is 5.75 Å². The highest BCUT2D eigenvalue weighted by Gasteiger charge is 2.15. The smallest absolute Gasteiger partial charge is 0.275 e. The van der Waals surface area contributed by atoms with Crippen molar-refractivity contribution in [1.29, 1.82) is 0 Å². The van der Waals surface area contributed by atoms with E-state index in [-0.39, 0.29) is 16.2 Å². The van der Waals surface area contributed by atoms with Crippen LogP contribution in [0.15, 0.2) is 81.2 Å². The Balaban J connectivity index is 1.77. The average Bonchev–Trinajstić information content (AvgIpc) is 2.71. The molecule has 0 aliphatic carbocycles. The predicted molar refractivity (Wildman–Crippen MR) is 119 cm³/mol. The summed E-state index contributed by atoms with van der Waals surface area (Å²) in [7, 11) is -3.78. The summed E-state index contributed by atoms with van der Waals surface area (Å²) in [6.45, 7) is 1.87. The minimum atomic E-state index is -3.78. The molecule has 30 heavy (non-hydrogen) atoms. The maximum Gasteiger partial charge on any atom is 0.275 e. The first-order valence-electron chi connectivity index (χ1n) is 8.77. The van der Waals surface area contributed by atoms with Crippen molar-refractivity contribution < 1.29 is 18.3 Å². The lowest BCUT2D eigenvalue weighted by Gasteiger charge is -2.10. The Labute approximate surface area is 182 Å². The van der Waals surface area contributed by atoms with Crippen LogP contribution in [0.1, 0.15) is 21.5 Å². The number of carbonyl (C=O) groups is 1. The number of benzene rings is 3. The minimum Gasteiger partial charge on any atom is -0.507 e. The summed E-state index contributed by atoms with van der Waals surface area (Å²) in [6, 6.07) is 17.6. The first kappa shape index (κ1) is 21.5. The number of sulfonamides is 1. The zero-order chi connectivity index (χ0) is 21.7. The zero-order valence-electron chi connectivity index (χ0n) is 15.8. The van der Waals surface area contributed by atoms with E-state index in [0.717, 1.165) is 5.56 Å². The summed E-state index contributed by atoms with van der Waals surface area (Å²) in [4.78, 5) is 12.4. The molecule has 3 N–H and O–H groups in total. The molecule has 0 fully saturated rings. The number of phenols is 1. The molecule has 154 valence electrons. The maximum atomic E-state index is 12.6. The van der Waals surface area contributed by atoms with Crippen LogP contribution in [0.25, 0.3) is 0 Å². The fourth-order valence-electron chi connectivity index (χ4n) is 2.53. The number of anilines is 1. The number of aromatic hydroxyl groups is 1. The molecule has 3 aromatic rings. The molecule has 0 spiro atoms. The second-order valence-electron chi connectivity index (χ2n) is 6.37. The van der Waals surface area contributed by atoms with Crippen LogP contribution in [0.2, 0.25) is 0 Å². The number of amides is 1. The standard InChI is InChI=1S/C21H18BrN3O4S/c1-14-6-9-17(10-7-14)30(28,29)25-19-5-3-2-4-15(19)13-23-24-21(27)18-12-16(22)8-11-20(18)26/h2-13,25-26H,1H3,(H,24,27)/b23-13+. The van der Waals surface area contributed by atoms with E-state index >= 15 is 0 Å². The van der Waals surface area contributed by atoms with Crippen LogP contribution in [-0.4, -0.2) is 25.6 Å². The lowest BCUT2D eigenvalue weighted by molar-refractivity contribution is 0.0952. The summed E-state index contributed by atoms with van der Waals surface area (Å²) in [5.74, 6) is -0.792. The number of hydrazone groups is 1. The molecule has 0 radical (unpaired) electrons. The van der Waals surface area contributed by atoms with Gasteiger partial charge >= 0.3 is 0 Å². The molecule has 0 aliphatic rings. The topological polar surface area (TPSA) is 108 Å². The second kappa shape index (κ2) is 9.10. The van der Waals surface area contributed by atoms with Crippen molar-refractivity contribution in [2.75, 3.05) is 4.72 Å². The largest absolute Gasteiger partial charge is 0.507 e. The highest BCUT2D eigenvalue weighted by atomic mass is 79.9. The van der Waals surface area contributed by atoms with Crippen molar-refractivity contribution in [3.63, 3.8) is 0 Å². The van der Waals surface area contributed by atoms with Crippen LogP contribution < -0.4 is 10.1 Å². The summed E-state index contributed by atoms with van der Waals surface area (Å²) in [6.07, 6.45) is 1.32. The van der Waals surface area contributed by atoms with Crippen LogP contribution >= 0.6 is 15.9 Å². The van der Waals surface area contributed by atoms with Gasteiger partial charge in [0, 0.05) is 10.0 Å². The highest BCUT2D eigenvalue weighted by molar-refractivity contribution is 9.10. The van der Waals surface area contributed by atoms with E-state index in [4.69, 9.17) is 0 Å². The van der Waals surface area contributed by atoms with E-state index in [1.165, 1.54) is 30.5 Å². The lowest BCUT2D eigenvalue weighted by Crippen LogP contribution is -2.18. The van der Waals surface area contributed by atoms with Gasteiger partial charge in [-0.25, -0.2) is 13.8 Å². The monoisotopic (exact) mass is 487 g/mol. The van der Waals surface area contributed by atoms with E-state index in [0.29, 0.717) is 15.7 Å². The number of carbonyl (C=O) groups excluding carboxylic acids is 1. The van der Waals surface area contributed by atoms with Gasteiger partial charge in [0.25, 0.3) is 15.9 Å². The second-order valence-corrected chi connectivity index (χ2v) is 8.96. The minimum absolute atomic E-state index is 0.0508. The van der Waals surface area contributed by atoms with Crippen molar-refractivity contribution in [1.82, 2.24) is 5.43 Å². The van der Waals surface area contributed by atoms with Crippen molar-refractivity contribution in [3.05, 3.63) is 87.9 Å². The normalized spacial score (nSPS) is 11.4. The third-order valence-electron chi connectivity index (χ3n) is 4.11. The number of para-hydroxylation sites is 1. The molecular formula is C21H18BrN3O4S. The van der Waals surface area contributed by atoms with Gasteiger partial charge in [0.05, 0.1) is 22.4 Å². The fraction of sp³-hybridized carbons (Fsp3) is 0.0476. The van der Waals surface area contributed by atoms with Gasteiger partial charge in [0.15, 0.2) is 0 Å². The van der Waals surface area contributed by atoms with Crippen molar-refractivity contribution in [2.24, 2.45) is 5.10 Å². The molecule has 0 saturated heterocycles. The summed E-state index contributed by atoms with van der Waals surface area (Å²) in [5, 5.41) is 13.7. The van der Waals surface area contributed by atoms with Crippen molar-refractivity contribution in [2.45, 2.75) is 11.8 Å². The van der Waals surface area contributed by atoms with Gasteiger partial charge in [0.2, 0.25) is 0 Å². The Kier molecular flexibility index (Phi) is 6.53. The molecule has 1 amide bonds. The van der Waals surface area contributed by atoms with Gasteiger partial charge in [-0.15, -0.1) is 0 Å². The maximum absolute atomic E-state index is 12.6. The van der Waals surface area contributed by atoms with E-state index in [9.17, 15) is 18.3 Å². The quantitative estimate of drug-likeness (QED) is 0.360. The summed E-state index contributed by atoms with van der Waals surface area (Å²) in [5.41, 5.74) is 4.08. The van der Waals surface area contributed by atoms with E-state index < -0.39 is 15.9 Å². The number of nitrogens with one attached hydrogen (secondary N) is 2. The molecule has 0 bridgehead atoms. The Morgan fingerprint density at radius 2 is 1.77 bits per heavy atom. The van der Waals surface area contributed by atoms with Gasteiger partial charge in [-0.05, 0) is 43.3 Å². The van der Waals surface area contributed by atoms with Crippen molar-refractivity contribution >= 4 is 43.8 Å². The number of hydrogen-bond acceptors (Lipinski definition) is 5. The Morgan fingerprint density at radius 1 is 1.07 bits per heavy atom. The van der Waals surface area contributed by atoms with Gasteiger partial charge in [-0.2, -0.15) is 5.10 Å². The molecule has 0 aromatic heterocycles.